The van der Waals surface area contributed by atoms with E-state index >= 15 is 0 Å². The van der Waals surface area contributed by atoms with Gasteiger partial charge in [0, 0.05) is 0 Å². The minimum Gasteiger partial charge on any atom is -0.368 e. The van der Waals surface area contributed by atoms with E-state index in [9.17, 15) is 13.6 Å². The highest BCUT2D eigenvalue weighted by atomic mass is 19.3. The minimum atomic E-state index is -2.72. The lowest BCUT2D eigenvalue weighted by Gasteiger charge is -1.93. The molecule has 2 N–H and O–H groups in total. The van der Waals surface area contributed by atoms with Crippen molar-refractivity contribution < 1.29 is 13.6 Å². The molecule has 0 unspecified atom stereocenters. The number of nitrogens with zero attached hydrogens (tertiary/aromatic N) is 3. The number of nitrogens with two attached hydrogens (primary N) is 1. The van der Waals surface area contributed by atoms with E-state index in [1.54, 1.807) is 0 Å². The molecule has 5 nitrogen and oxygen atoms in total. The Morgan fingerprint density at radius 2 is 2.42 bits per heavy atom. The maximum atomic E-state index is 11.9. The number of carbonyl (C=O) groups excluding carboxylic acids is 1. The predicted molar refractivity (Wildman–Crippen MR) is 34.2 cm³/mol. The first kappa shape index (κ1) is 8.57. The number of hydrogen-bond donors (Lipinski definition) is 1. The zero-order valence-corrected chi connectivity index (χ0v) is 5.94. The second-order valence-electron chi connectivity index (χ2n) is 2.07. The Kier molecular flexibility index (Phi) is 2.32. The van der Waals surface area contributed by atoms with Gasteiger partial charge in [-0.25, -0.2) is 18.4 Å². The number of rotatable bonds is 3. The predicted octanol–water partition coefficient (Wildman–Crippen LogP) is -0.299. The van der Waals surface area contributed by atoms with Crippen LogP contribution in [0.15, 0.2) is 6.33 Å². The van der Waals surface area contributed by atoms with Gasteiger partial charge in [0.05, 0.1) is 0 Å². The average Bonchev–Trinajstić information content (AvgIpc) is 2.34. The van der Waals surface area contributed by atoms with Crippen molar-refractivity contribution in [2.75, 3.05) is 0 Å². The van der Waals surface area contributed by atoms with Crippen LogP contribution >= 0.6 is 0 Å². The zero-order valence-electron chi connectivity index (χ0n) is 5.94. The van der Waals surface area contributed by atoms with E-state index in [4.69, 9.17) is 5.73 Å². The van der Waals surface area contributed by atoms with Gasteiger partial charge in [0.2, 0.25) is 11.7 Å². The van der Waals surface area contributed by atoms with Gasteiger partial charge in [-0.15, -0.1) is 5.10 Å². The molecule has 0 aliphatic heterocycles. The molecule has 12 heavy (non-hydrogen) atoms. The van der Waals surface area contributed by atoms with Crippen LogP contribution in [0.4, 0.5) is 8.78 Å². The molecule has 7 heteroatoms. The van der Waals surface area contributed by atoms with Gasteiger partial charge in [0.15, 0.2) is 0 Å². The van der Waals surface area contributed by atoms with Crippen LogP contribution in [-0.2, 0) is 11.3 Å². The van der Waals surface area contributed by atoms with Crippen molar-refractivity contribution in [1.82, 2.24) is 14.8 Å². The third-order valence-electron chi connectivity index (χ3n) is 1.07. The second-order valence-corrected chi connectivity index (χ2v) is 2.07. The minimum absolute atomic E-state index is 0.236. The third-order valence-corrected chi connectivity index (χ3v) is 1.07. The molecule has 1 aromatic heterocycles. The molecule has 0 saturated carbocycles. The van der Waals surface area contributed by atoms with Crippen LogP contribution in [0, 0.1) is 0 Å². The molecule has 66 valence electrons. The van der Waals surface area contributed by atoms with E-state index in [0.29, 0.717) is 0 Å². The first-order chi connectivity index (χ1) is 5.59. The van der Waals surface area contributed by atoms with Gasteiger partial charge in [0.1, 0.15) is 12.9 Å². The maximum Gasteiger partial charge on any atom is 0.299 e. The van der Waals surface area contributed by atoms with Crippen LogP contribution in [0.2, 0.25) is 0 Å². The molecule has 0 aromatic carbocycles. The molecule has 1 rings (SSSR count). The van der Waals surface area contributed by atoms with Gasteiger partial charge in [-0.2, -0.15) is 0 Å². The second kappa shape index (κ2) is 3.24. The van der Waals surface area contributed by atoms with Gasteiger partial charge in [-0.05, 0) is 0 Å². The van der Waals surface area contributed by atoms with Crippen molar-refractivity contribution in [1.29, 1.82) is 0 Å². The molecule has 1 aromatic rings. The van der Waals surface area contributed by atoms with E-state index < -0.39 is 18.2 Å². The molecule has 0 atom stereocenters. The fourth-order valence-corrected chi connectivity index (χ4v) is 0.645. The number of amides is 1. The molecule has 0 aliphatic rings. The summed E-state index contributed by atoms with van der Waals surface area (Å²) >= 11 is 0. The summed E-state index contributed by atoms with van der Waals surface area (Å²) in [5.74, 6) is -1.25. The van der Waals surface area contributed by atoms with Crippen molar-refractivity contribution in [3.8, 4) is 0 Å². The van der Waals surface area contributed by atoms with Crippen LogP contribution in [0.3, 0.4) is 0 Å². The Morgan fingerprint density at radius 1 is 1.75 bits per heavy atom. The highest BCUT2D eigenvalue weighted by molar-refractivity contribution is 5.73. The first-order valence-electron chi connectivity index (χ1n) is 3.05. The van der Waals surface area contributed by atoms with Gasteiger partial charge in [0.25, 0.3) is 6.43 Å². The molecule has 0 radical (unpaired) electrons. The van der Waals surface area contributed by atoms with E-state index in [1.807, 2.05) is 0 Å². The lowest BCUT2D eigenvalue weighted by molar-refractivity contribution is -0.118. The van der Waals surface area contributed by atoms with Crippen molar-refractivity contribution >= 4 is 5.91 Å². The first-order valence-corrected chi connectivity index (χ1v) is 3.05. The fraction of sp³-hybridized carbons (Fsp3) is 0.400. The fourth-order valence-electron chi connectivity index (χ4n) is 0.645. The highest BCUT2D eigenvalue weighted by Gasteiger charge is 2.12. The van der Waals surface area contributed by atoms with Crippen LogP contribution in [0.5, 0.6) is 0 Å². The Bertz CT molecular complexity index is 285. The summed E-state index contributed by atoms with van der Waals surface area (Å²) < 4.78 is 24.7. The average molecular weight is 176 g/mol. The SMILES string of the molecule is NC(=O)Cn1cnc(C(F)F)n1. The number of halogens is 2. The normalized spacial score (nSPS) is 10.6. The van der Waals surface area contributed by atoms with Crippen molar-refractivity contribution in [2.24, 2.45) is 5.73 Å². The van der Waals surface area contributed by atoms with E-state index in [1.165, 1.54) is 0 Å². The standard InChI is InChI=1S/C5H6F2N4O/c6-4(7)5-9-2-11(10-5)1-3(8)12/h2,4H,1H2,(H2,8,12). The topological polar surface area (TPSA) is 73.8 Å². The smallest absolute Gasteiger partial charge is 0.299 e. The van der Waals surface area contributed by atoms with E-state index in [0.717, 1.165) is 11.0 Å². The van der Waals surface area contributed by atoms with E-state index in [2.05, 4.69) is 10.1 Å². The van der Waals surface area contributed by atoms with Gasteiger partial charge < -0.3 is 5.73 Å². The number of alkyl halides is 2. The summed E-state index contributed by atoms with van der Waals surface area (Å²) in [5.41, 5.74) is 4.79. The summed E-state index contributed by atoms with van der Waals surface area (Å²) in [4.78, 5) is 13.6. The van der Waals surface area contributed by atoms with Gasteiger partial charge in [-0.1, -0.05) is 0 Å². The third kappa shape index (κ3) is 1.97. The van der Waals surface area contributed by atoms with Crippen LogP contribution in [0.25, 0.3) is 0 Å². The Labute approximate surface area is 66.2 Å². The molecular formula is C5H6F2N4O. The van der Waals surface area contributed by atoms with Crippen LogP contribution in [-0.4, -0.2) is 20.7 Å². The summed E-state index contributed by atoms with van der Waals surface area (Å²) in [5, 5.41) is 3.30. The Balaban J connectivity index is 2.70. The van der Waals surface area contributed by atoms with Crippen molar-refractivity contribution in [3.63, 3.8) is 0 Å². The lowest BCUT2D eigenvalue weighted by Crippen LogP contribution is -2.19. The van der Waals surface area contributed by atoms with Crippen molar-refractivity contribution in [2.45, 2.75) is 13.0 Å². The largest absolute Gasteiger partial charge is 0.368 e. The molecule has 1 amide bonds. The van der Waals surface area contributed by atoms with Crippen molar-refractivity contribution in [3.05, 3.63) is 12.2 Å². The lowest BCUT2D eigenvalue weighted by atomic mass is 10.6. The van der Waals surface area contributed by atoms with Gasteiger partial charge in [-0.3, -0.25) is 4.79 Å². The summed E-state index contributed by atoms with van der Waals surface area (Å²) in [7, 11) is 0. The van der Waals surface area contributed by atoms with Crippen LogP contribution in [0.1, 0.15) is 12.2 Å². The Morgan fingerprint density at radius 3 is 2.83 bits per heavy atom. The molecule has 0 saturated heterocycles. The monoisotopic (exact) mass is 176 g/mol. The molecular weight excluding hydrogens is 170 g/mol. The molecule has 0 spiro atoms. The van der Waals surface area contributed by atoms with E-state index in [-0.39, 0.29) is 6.54 Å². The highest BCUT2D eigenvalue weighted by Crippen LogP contribution is 2.12. The van der Waals surface area contributed by atoms with Crippen LogP contribution < -0.4 is 5.73 Å². The summed E-state index contributed by atoms with van der Waals surface area (Å²) in [6, 6.07) is 0. The number of carbonyl (C=O) groups is 1. The molecule has 0 aliphatic carbocycles. The number of primary amides is 1. The number of hydrogen-bond acceptors (Lipinski definition) is 3. The Hall–Kier alpha value is -1.53. The quantitative estimate of drug-likeness (QED) is 0.687. The molecule has 0 fully saturated rings. The summed E-state index contributed by atoms with van der Waals surface area (Å²) in [6.45, 7) is -0.236. The molecule has 1 heterocycles. The summed E-state index contributed by atoms with van der Waals surface area (Å²) in [6.07, 6.45) is -1.69. The molecule has 0 bridgehead atoms. The number of aromatic nitrogens is 3. The van der Waals surface area contributed by atoms with Gasteiger partial charge >= 0.3 is 0 Å². The zero-order chi connectivity index (χ0) is 9.14. The maximum absolute atomic E-state index is 11.9.